The molecule has 0 saturated heterocycles. The molecule has 0 fully saturated rings. The summed E-state index contributed by atoms with van der Waals surface area (Å²) >= 11 is 0. The second kappa shape index (κ2) is 15.8. The standard InChI is InChI=1S/C3H3N3.2ClH.2H3N/c1-2-4-6-5-3-1;;;;/h1-3H;2*1H;2*1H3. The molecule has 1 heterocycles. The minimum Gasteiger partial charge on any atom is -1.00 e. The number of aromatic nitrogens is 3. The molecule has 1 aromatic heterocycles. The van der Waals surface area contributed by atoms with E-state index in [0.717, 1.165) is 0 Å². The molecule has 5 nitrogen and oxygen atoms in total. The number of hydrogen-bond acceptors (Lipinski definition) is 3. The van der Waals surface area contributed by atoms with Crippen molar-refractivity contribution in [3.63, 3.8) is 0 Å². The van der Waals surface area contributed by atoms with Crippen LogP contribution in [0, 0.1) is 0 Å². The van der Waals surface area contributed by atoms with Crippen molar-refractivity contribution >= 4 is 0 Å². The van der Waals surface area contributed by atoms with Crippen LogP contribution in [-0.4, -0.2) is 15.4 Å². The summed E-state index contributed by atoms with van der Waals surface area (Å²) in [6.45, 7) is 0. The molecular weight excluding hydrogens is 177 g/mol. The van der Waals surface area contributed by atoms with Crippen LogP contribution in [0.15, 0.2) is 18.5 Å². The summed E-state index contributed by atoms with van der Waals surface area (Å²) in [7, 11) is 0. The smallest absolute Gasteiger partial charge is 0.0529 e. The van der Waals surface area contributed by atoms with Crippen molar-refractivity contribution < 1.29 is 24.8 Å². The fourth-order valence-electron chi connectivity index (χ4n) is 0.205. The Bertz CT molecular complexity index is 86.8. The van der Waals surface area contributed by atoms with Crippen molar-refractivity contribution in [2.45, 2.75) is 0 Å². The molecule has 0 atom stereocenters. The van der Waals surface area contributed by atoms with Gasteiger partial charge in [0.2, 0.25) is 0 Å². The molecule has 0 amide bonds. The zero-order valence-corrected chi connectivity index (χ0v) is 7.34. The van der Waals surface area contributed by atoms with Crippen LogP contribution in [0.2, 0.25) is 0 Å². The normalized spacial score (nSPS) is 4.80. The van der Waals surface area contributed by atoms with Crippen LogP contribution in [0.25, 0.3) is 0 Å². The van der Waals surface area contributed by atoms with E-state index in [2.05, 4.69) is 15.4 Å². The molecule has 8 N–H and O–H groups in total. The van der Waals surface area contributed by atoms with Gasteiger partial charge >= 0.3 is 0 Å². The van der Waals surface area contributed by atoms with Crippen LogP contribution >= 0.6 is 0 Å². The van der Waals surface area contributed by atoms with Crippen molar-refractivity contribution in [1.82, 2.24) is 27.7 Å². The van der Waals surface area contributed by atoms with E-state index in [1.54, 1.807) is 18.5 Å². The Balaban J connectivity index is -0.0000000450. The van der Waals surface area contributed by atoms with E-state index in [4.69, 9.17) is 0 Å². The van der Waals surface area contributed by atoms with Crippen molar-refractivity contribution in [3.05, 3.63) is 18.5 Å². The first-order valence-corrected chi connectivity index (χ1v) is 1.58. The summed E-state index contributed by atoms with van der Waals surface area (Å²) < 4.78 is 0. The largest absolute Gasteiger partial charge is 1.00 e. The second-order valence-electron chi connectivity index (χ2n) is 0.811. The number of quaternary nitrogens is 2. The Morgan fingerprint density at radius 3 is 1.30 bits per heavy atom. The average Bonchev–Trinajstić information content (AvgIpc) is 1.72. The molecule has 7 heteroatoms. The summed E-state index contributed by atoms with van der Waals surface area (Å²) in [6, 6.07) is 1.72. The predicted molar refractivity (Wildman–Crippen MR) is 31.8 cm³/mol. The molecule has 0 aromatic carbocycles. The third-order valence-corrected chi connectivity index (χ3v) is 0.409. The molecule has 1 rings (SSSR count). The zero-order chi connectivity index (χ0) is 4.24. The minimum atomic E-state index is 0. The van der Waals surface area contributed by atoms with Gasteiger partial charge in [-0.15, -0.1) is 10.2 Å². The van der Waals surface area contributed by atoms with Gasteiger partial charge in [0.15, 0.2) is 0 Å². The van der Waals surface area contributed by atoms with Crippen LogP contribution in [0.5, 0.6) is 0 Å². The van der Waals surface area contributed by atoms with Gasteiger partial charge in [-0.3, -0.25) is 0 Å². The lowest BCUT2D eigenvalue weighted by atomic mass is 10.7. The molecule has 10 heavy (non-hydrogen) atoms. The van der Waals surface area contributed by atoms with Gasteiger partial charge in [-0.1, -0.05) is 0 Å². The highest BCUT2D eigenvalue weighted by Gasteiger charge is 1.60. The lowest BCUT2D eigenvalue weighted by molar-refractivity contribution is -0.001000. The van der Waals surface area contributed by atoms with Gasteiger partial charge in [-0.25, -0.2) is 0 Å². The molecule has 1 aromatic rings. The Morgan fingerprint density at radius 1 is 0.800 bits per heavy atom. The Hall–Kier alpha value is -0.490. The highest BCUT2D eigenvalue weighted by atomic mass is 35.5. The summed E-state index contributed by atoms with van der Waals surface area (Å²) in [6.07, 6.45) is 3.15. The molecule has 62 valence electrons. The molecule has 0 aliphatic carbocycles. The number of rotatable bonds is 0. The Kier molecular flexibility index (Phi) is 35.9. The van der Waals surface area contributed by atoms with Crippen LogP contribution in [0.4, 0.5) is 0 Å². The second-order valence-corrected chi connectivity index (χ2v) is 0.811. The minimum absolute atomic E-state index is 0. The molecule has 0 unspecified atom stereocenters. The maximum atomic E-state index is 3.42. The van der Waals surface area contributed by atoms with E-state index in [0.29, 0.717) is 0 Å². The molecule has 0 radical (unpaired) electrons. The number of hydrogen-bond donors (Lipinski definition) is 2. The zero-order valence-electron chi connectivity index (χ0n) is 5.83. The first-order valence-electron chi connectivity index (χ1n) is 1.58. The fraction of sp³-hybridized carbons (Fsp3) is 0. The van der Waals surface area contributed by atoms with Gasteiger partial charge in [0.25, 0.3) is 0 Å². The van der Waals surface area contributed by atoms with Crippen LogP contribution in [-0.2, 0) is 0 Å². The Morgan fingerprint density at radius 2 is 1.20 bits per heavy atom. The highest BCUT2D eigenvalue weighted by molar-refractivity contribution is 4.69. The maximum Gasteiger partial charge on any atom is 0.0529 e. The van der Waals surface area contributed by atoms with E-state index < -0.39 is 0 Å². The molecule has 0 bridgehead atoms. The maximum absolute atomic E-state index is 3.42. The van der Waals surface area contributed by atoms with Crippen molar-refractivity contribution in [1.29, 1.82) is 0 Å². The third-order valence-electron chi connectivity index (χ3n) is 0.409. The van der Waals surface area contributed by atoms with Crippen molar-refractivity contribution in [2.24, 2.45) is 0 Å². The molecule has 0 saturated carbocycles. The van der Waals surface area contributed by atoms with Crippen molar-refractivity contribution in [2.75, 3.05) is 0 Å². The SMILES string of the molecule is [Cl-].[Cl-].[NH4+].[NH4+].c1cnnnc1. The first kappa shape index (κ1) is 22.7. The first-order chi connectivity index (χ1) is 3.00. The summed E-state index contributed by atoms with van der Waals surface area (Å²) in [5.74, 6) is 0. The van der Waals surface area contributed by atoms with Gasteiger partial charge in [0, 0.05) is 0 Å². The molecular formula is C3H11Cl2N5. The quantitative estimate of drug-likeness (QED) is 0.423. The fourth-order valence-corrected chi connectivity index (χ4v) is 0.205. The van der Waals surface area contributed by atoms with Gasteiger partial charge in [-0.05, 0) is 11.3 Å². The van der Waals surface area contributed by atoms with E-state index >= 15 is 0 Å². The predicted octanol–water partition coefficient (Wildman–Crippen LogP) is -5.37. The summed E-state index contributed by atoms with van der Waals surface area (Å²) in [5, 5.41) is 10.1. The lowest BCUT2D eigenvalue weighted by Gasteiger charge is -1.68. The highest BCUT2D eigenvalue weighted by Crippen LogP contribution is 1.61. The van der Waals surface area contributed by atoms with Crippen LogP contribution < -0.4 is 37.1 Å². The van der Waals surface area contributed by atoms with Gasteiger partial charge in [0.05, 0.1) is 12.4 Å². The van der Waals surface area contributed by atoms with Crippen LogP contribution in [0.1, 0.15) is 0 Å². The van der Waals surface area contributed by atoms with Crippen LogP contribution in [0.3, 0.4) is 0 Å². The van der Waals surface area contributed by atoms with E-state index in [9.17, 15) is 0 Å². The lowest BCUT2D eigenvalue weighted by Crippen LogP contribution is -3.00. The molecule has 0 spiro atoms. The van der Waals surface area contributed by atoms with E-state index in [1.807, 2.05) is 0 Å². The summed E-state index contributed by atoms with van der Waals surface area (Å²) in [4.78, 5) is 0. The Labute approximate surface area is 71.6 Å². The number of nitrogens with zero attached hydrogens (tertiary/aromatic N) is 3. The summed E-state index contributed by atoms with van der Waals surface area (Å²) in [5.41, 5.74) is 0. The topological polar surface area (TPSA) is 112 Å². The van der Waals surface area contributed by atoms with Crippen molar-refractivity contribution in [3.8, 4) is 0 Å². The van der Waals surface area contributed by atoms with Gasteiger partial charge in [0.1, 0.15) is 0 Å². The average molecular weight is 188 g/mol. The van der Waals surface area contributed by atoms with Gasteiger partial charge < -0.3 is 37.1 Å². The number of halogens is 2. The van der Waals surface area contributed by atoms with Gasteiger partial charge in [-0.2, -0.15) is 0 Å². The third kappa shape index (κ3) is 10.5. The van der Waals surface area contributed by atoms with E-state index in [1.165, 1.54) is 0 Å². The molecule has 0 aliphatic heterocycles. The monoisotopic (exact) mass is 187 g/mol. The van der Waals surface area contributed by atoms with E-state index in [-0.39, 0.29) is 37.1 Å². The molecule has 0 aliphatic rings.